The van der Waals surface area contributed by atoms with Crippen molar-refractivity contribution in [3.63, 3.8) is 0 Å². The summed E-state index contributed by atoms with van der Waals surface area (Å²) < 4.78 is 5.39. The zero-order valence-electron chi connectivity index (χ0n) is 12.9. The van der Waals surface area contributed by atoms with Gasteiger partial charge in [-0.3, -0.25) is 9.69 Å². The molecule has 1 atom stereocenters. The van der Waals surface area contributed by atoms with Crippen LogP contribution in [0.15, 0.2) is 34.9 Å². The van der Waals surface area contributed by atoms with E-state index >= 15 is 0 Å². The number of aromatic nitrogens is 2. The summed E-state index contributed by atoms with van der Waals surface area (Å²) in [4.78, 5) is 18.4. The SMILES string of the molecule is O=C1CN(Cc2noc(C3CCC3)n2)C(c2ccccc2)CN1. The highest BCUT2D eigenvalue weighted by molar-refractivity contribution is 5.79. The van der Waals surface area contributed by atoms with Crippen LogP contribution < -0.4 is 5.32 Å². The summed E-state index contributed by atoms with van der Waals surface area (Å²) in [6, 6.07) is 10.4. The number of piperazine rings is 1. The predicted octanol–water partition coefficient (Wildman–Crippen LogP) is 2.01. The molecule has 0 radical (unpaired) electrons. The summed E-state index contributed by atoms with van der Waals surface area (Å²) in [5.74, 6) is 1.90. The average molecular weight is 312 g/mol. The van der Waals surface area contributed by atoms with Crippen molar-refractivity contribution in [2.75, 3.05) is 13.1 Å². The summed E-state index contributed by atoms with van der Waals surface area (Å²) in [6.07, 6.45) is 3.52. The number of carbonyl (C=O) groups excluding carboxylic acids is 1. The van der Waals surface area contributed by atoms with Crippen molar-refractivity contribution >= 4 is 5.91 Å². The molecule has 0 spiro atoms. The van der Waals surface area contributed by atoms with Crippen LogP contribution >= 0.6 is 0 Å². The van der Waals surface area contributed by atoms with Gasteiger partial charge < -0.3 is 9.84 Å². The summed E-state index contributed by atoms with van der Waals surface area (Å²) in [5, 5.41) is 7.05. The van der Waals surface area contributed by atoms with E-state index in [1.807, 2.05) is 18.2 Å². The van der Waals surface area contributed by atoms with E-state index in [1.54, 1.807) is 0 Å². The maximum Gasteiger partial charge on any atom is 0.234 e. The molecule has 1 aromatic heterocycles. The molecule has 1 aliphatic carbocycles. The van der Waals surface area contributed by atoms with Gasteiger partial charge >= 0.3 is 0 Å². The standard InChI is InChI=1S/C17H20N4O2/c22-16-11-21(14(9-18-16)12-5-2-1-3-6-12)10-15-19-17(23-20-15)13-7-4-8-13/h1-3,5-6,13-14H,4,7-11H2,(H,18,22). The van der Waals surface area contributed by atoms with Crippen LogP contribution in [0.3, 0.4) is 0 Å². The number of amides is 1. The van der Waals surface area contributed by atoms with Gasteiger partial charge in [0.15, 0.2) is 5.82 Å². The molecule has 1 unspecified atom stereocenters. The van der Waals surface area contributed by atoms with Crippen molar-refractivity contribution in [1.82, 2.24) is 20.4 Å². The molecule has 120 valence electrons. The van der Waals surface area contributed by atoms with Gasteiger partial charge in [0.05, 0.1) is 19.1 Å². The Labute approximate surface area is 134 Å². The van der Waals surface area contributed by atoms with Gasteiger partial charge in [-0.1, -0.05) is 41.9 Å². The van der Waals surface area contributed by atoms with E-state index in [4.69, 9.17) is 4.52 Å². The minimum absolute atomic E-state index is 0.0416. The van der Waals surface area contributed by atoms with Crippen molar-refractivity contribution in [3.8, 4) is 0 Å². The highest BCUT2D eigenvalue weighted by Gasteiger charge is 2.30. The quantitative estimate of drug-likeness (QED) is 0.935. The van der Waals surface area contributed by atoms with Crippen molar-refractivity contribution < 1.29 is 9.32 Å². The average Bonchev–Trinajstić information content (AvgIpc) is 2.94. The fourth-order valence-corrected chi connectivity index (χ4v) is 3.19. The van der Waals surface area contributed by atoms with Gasteiger partial charge in [-0.25, -0.2) is 0 Å². The van der Waals surface area contributed by atoms with Crippen molar-refractivity contribution in [2.45, 2.75) is 37.8 Å². The molecular weight excluding hydrogens is 292 g/mol. The lowest BCUT2D eigenvalue weighted by Gasteiger charge is -2.34. The second-order valence-electron chi connectivity index (χ2n) is 6.31. The molecule has 2 aliphatic rings. The van der Waals surface area contributed by atoms with Gasteiger partial charge in [-0.2, -0.15) is 4.98 Å². The largest absolute Gasteiger partial charge is 0.353 e. The Kier molecular flexibility index (Phi) is 3.83. The first kappa shape index (κ1) is 14.4. The number of hydrogen-bond acceptors (Lipinski definition) is 5. The molecule has 1 aliphatic heterocycles. The van der Waals surface area contributed by atoms with Crippen molar-refractivity contribution in [1.29, 1.82) is 0 Å². The second-order valence-corrected chi connectivity index (χ2v) is 6.31. The van der Waals surface area contributed by atoms with E-state index in [9.17, 15) is 4.79 Å². The number of nitrogens with one attached hydrogen (secondary N) is 1. The van der Waals surface area contributed by atoms with Crippen LogP contribution in [0.2, 0.25) is 0 Å². The molecule has 6 nitrogen and oxygen atoms in total. The van der Waals surface area contributed by atoms with E-state index in [1.165, 1.54) is 12.0 Å². The topological polar surface area (TPSA) is 71.3 Å². The van der Waals surface area contributed by atoms with Gasteiger partial charge in [-0.05, 0) is 18.4 Å². The monoisotopic (exact) mass is 312 g/mol. The fourth-order valence-electron chi connectivity index (χ4n) is 3.19. The third kappa shape index (κ3) is 2.99. The van der Waals surface area contributed by atoms with Crippen molar-refractivity contribution in [3.05, 3.63) is 47.6 Å². The van der Waals surface area contributed by atoms with E-state index in [0.717, 1.165) is 18.7 Å². The van der Waals surface area contributed by atoms with Crippen LogP contribution in [-0.2, 0) is 11.3 Å². The summed E-state index contributed by atoms with van der Waals surface area (Å²) in [6.45, 7) is 1.49. The van der Waals surface area contributed by atoms with Crippen LogP contribution in [0.25, 0.3) is 0 Å². The first-order valence-electron chi connectivity index (χ1n) is 8.18. The van der Waals surface area contributed by atoms with Crippen LogP contribution in [0.1, 0.15) is 48.5 Å². The summed E-state index contributed by atoms with van der Waals surface area (Å²) in [5.41, 5.74) is 1.19. The molecule has 23 heavy (non-hydrogen) atoms. The molecule has 6 heteroatoms. The molecule has 2 heterocycles. The number of nitrogens with zero attached hydrogens (tertiary/aromatic N) is 3. The van der Waals surface area contributed by atoms with Crippen LogP contribution in [-0.4, -0.2) is 34.0 Å². The first-order chi connectivity index (χ1) is 11.3. The molecule has 2 aromatic rings. The molecule has 1 saturated carbocycles. The second kappa shape index (κ2) is 6.12. The third-order valence-corrected chi connectivity index (χ3v) is 4.75. The van der Waals surface area contributed by atoms with Gasteiger partial charge in [0.2, 0.25) is 11.8 Å². The number of rotatable bonds is 4. The third-order valence-electron chi connectivity index (χ3n) is 4.75. The summed E-state index contributed by atoms with van der Waals surface area (Å²) >= 11 is 0. The van der Waals surface area contributed by atoms with Gasteiger partial charge in [-0.15, -0.1) is 0 Å². The van der Waals surface area contributed by atoms with E-state index in [-0.39, 0.29) is 11.9 Å². The van der Waals surface area contributed by atoms with E-state index in [2.05, 4.69) is 32.5 Å². The molecule has 1 N–H and O–H groups in total. The summed E-state index contributed by atoms with van der Waals surface area (Å²) in [7, 11) is 0. The Hall–Kier alpha value is -2.21. The molecule has 4 rings (SSSR count). The lowest BCUT2D eigenvalue weighted by Crippen LogP contribution is -2.49. The molecule has 2 fully saturated rings. The smallest absolute Gasteiger partial charge is 0.234 e. The first-order valence-corrected chi connectivity index (χ1v) is 8.18. The van der Waals surface area contributed by atoms with Gasteiger partial charge in [0, 0.05) is 12.5 Å². The van der Waals surface area contributed by atoms with Crippen LogP contribution in [0.4, 0.5) is 0 Å². The molecule has 1 aromatic carbocycles. The van der Waals surface area contributed by atoms with Gasteiger partial charge in [0.1, 0.15) is 0 Å². The minimum Gasteiger partial charge on any atom is -0.353 e. The highest BCUT2D eigenvalue weighted by atomic mass is 16.5. The predicted molar refractivity (Wildman–Crippen MR) is 83.5 cm³/mol. The Morgan fingerprint density at radius 1 is 1.26 bits per heavy atom. The molecular formula is C17H20N4O2. The number of carbonyl (C=O) groups is 1. The minimum atomic E-state index is 0.0416. The van der Waals surface area contributed by atoms with E-state index < -0.39 is 0 Å². The van der Waals surface area contributed by atoms with Gasteiger partial charge in [0.25, 0.3) is 0 Å². The Bertz CT molecular complexity index is 681. The zero-order valence-corrected chi connectivity index (χ0v) is 12.9. The Morgan fingerprint density at radius 2 is 2.09 bits per heavy atom. The van der Waals surface area contributed by atoms with E-state index in [0.29, 0.717) is 31.4 Å². The normalized spacial score (nSPS) is 22.6. The molecule has 1 saturated heterocycles. The molecule has 1 amide bonds. The zero-order chi connectivity index (χ0) is 15.6. The lowest BCUT2D eigenvalue weighted by atomic mass is 9.85. The lowest BCUT2D eigenvalue weighted by molar-refractivity contribution is -0.125. The fraction of sp³-hybridized carbons (Fsp3) is 0.471. The Balaban J connectivity index is 1.51. The van der Waals surface area contributed by atoms with Crippen LogP contribution in [0.5, 0.6) is 0 Å². The number of benzene rings is 1. The number of hydrogen-bond donors (Lipinski definition) is 1. The maximum atomic E-state index is 11.8. The highest BCUT2D eigenvalue weighted by Crippen LogP contribution is 2.35. The van der Waals surface area contributed by atoms with Crippen LogP contribution in [0, 0.1) is 0 Å². The molecule has 0 bridgehead atoms. The Morgan fingerprint density at radius 3 is 2.83 bits per heavy atom. The maximum absolute atomic E-state index is 11.8. The van der Waals surface area contributed by atoms with Crippen molar-refractivity contribution in [2.24, 2.45) is 0 Å².